The zero-order valence-corrected chi connectivity index (χ0v) is 14.5. The number of carbonyl (C=O) groups excluding carboxylic acids is 1. The molecule has 2 aliphatic heterocycles. The predicted molar refractivity (Wildman–Crippen MR) is 95.4 cm³/mol. The van der Waals surface area contributed by atoms with E-state index in [0.29, 0.717) is 17.6 Å². The summed E-state index contributed by atoms with van der Waals surface area (Å²) in [6.45, 7) is 2.28. The summed E-state index contributed by atoms with van der Waals surface area (Å²) in [4.78, 5) is 25.5. The molecule has 1 saturated heterocycles. The lowest BCUT2D eigenvalue weighted by Crippen LogP contribution is -2.40. The first-order chi connectivity index (χ1) is 11.7. The van der Waals surface area contributed by atoms with Crippen LogP contribution in [-0.4, -0.2) is 54.6 Å². The van der Waals surface area contributed by atoms with Gasteiger partial charge in [-0.25, -0.2) is 4.98 Å². The largest absolute Gasteiger partial charge is 0.366 e. The van der Waals surface area contributed by atoms with Crippen molar-refractivity contribution in [3.05, 3.63) is 42.1 Å². The molecule has 8 heteroatoms. The van der Waals surface area contributed by atoms with Crippen LogP contribution in [0.4, 0.5) is 11.5 Å². The van der Waals surface area contributed by atoms with Crippen molar-refractivity contribution >= 4 is 29.5 Å². The van der Waals surface area contributed by atoms with E-state index >= 15 is 0 Å². The van der Waals surface area contributed by atoms with Gasteiger partial charge in [-0.3, -0.25) is 14.8 Å². The molecule has 2 bridgehead atoms. The Labute approximate surface area is 146 Å². The molecule has 24 heavy (non-hydrogen) atoms. The molecule has 0 aliphatic carbocycles. The number of rotatable bonds is 1. The van der Waals surface area contributed by atoms with Gasteiger partial charge in [-0.2, -0.15) is 0 Å². The minimum atomic E-state index is 0.582. The number of hydrogen-bond acceptors (Lipinski definition) is 6. The first kappa shape index (κ1) is 17.9. The Balaban J connectivity index is 0.000000174. The van der Waals surface area contributed by atoms with Crippen molar-refractivity contribution in [2.45, 2.75) is 12.5 Å². The Morgan fingerprint density at radius 1 is 1.25 bits per heavy atom. The van der Waals surface area contributed by atoms with Crippen molar-refractivity contribution in [2.75, 3.05) is 37.0 Å². The number of amides is 1. The summed E-state index contributed by atoms with van der Waals surface area (Å²) < 4.78 is 0. The topological polar surface area (TPSA) is 74.2 Å². The van der Waals surface area contributed by atoms with Crippen molar-refractivity contribution in [1.82, 2.24) is 20.3 Å². The fourth-order valence-electron chi connectivity index (χ4n) is 2.63. The van der Waals surface area contributed by atoms with E-state index in [1.165, 1.54) is 12.1 Å². The summed E-state index contributed by atoms with van der Waals surface area (Å²) in [5.41, 5.74) is 1.23. The molecule has 0 saturated carbocycles. The Kier molecular flexibility index (Phi) is 6.74. The maximum absolute atomic E-state index is 9.06. The number of likely N-dealkylation sites (N-methyl/N-ethyl adjacent to an activating group) is 1. The van der Waals surface area contributed by atoms with Crippen LogP contribution in [-0.2, 0) is 4.79 Å². The number of fused-ring (bicyclic) bond motifs is 4. The second-order valence-corrected chi connectivity index (χ2v) is 5.66. The Morgan fingerprint density at radius 3 is 2.42 bits per heavy atom. The minimum Gasteiger partial charge on any atom is -0.366 e. The number of halogens is 1. The molecular weight excluding hydrogens is 328 g/mol. The predicted octanol–water partition coefficient (Wildman–Crippen LogP) is 1.60. The van der Waals surface area contributed by atoms with E-state index in [1.807, 2.05) is 6.07 Å². The first-order valence-corrected chi connectivity index (χ1v) is 8.00. The number of hydrogen-bond donors (Lipinski definition) is 1. The third-order valence-corrected chi connectivity index (χ3v) is 4.01. The number of nitrogens with zero attached hydrogens (tertiary/aromatic N) is 5. The lowest BCUT2D eigenvalue weighted by molar-refractivity contribution is -0.109. The van der Waals surface area contributed by atoms with Gasteiger partial charge in [0.15, 0.2) is 5.82 Å². The van der Waals surface area contributed by atoms with Gasteiger partial charge in [-0.1, -0.05) is 11.6 Å². The third-order valence-electron chi connectivity index (χ3n) is 3.80. The minimum absolute atomic E-state index is 0.582. The van der Waals surface area contributed by atoms with Crippen LogP contribution < -0.4 is 15.1 Å². The van der Waals surface area contributed by atoms with E-state index in [9.17, 15) is 0 Å². The molecule has 0 radical (unpaired) electrons. The van der Waals surface area contributed by atoms with Gasteiger partial charge in [0.25, 0.3) is 0 Å². The lowest BCUT2D eigenvalue weighted by Gasteiger charge is -2.34. The summed E-state index contributed by atoms with van der Waals surface area (Å²) >= 11 is 5.90. The van der Waals surface area contributed by atoms with Crippen LogP contribution in [0.5, 0.6) is 0 Å². The molecule has 1 fully saturated rings. The maximum Gasteiger partial charge on any atom is 0.206 e. The molecule has 2 aromatic rings. The smallest absolute Gasteiger partial charge is 0.206 e. The molecule has 0 aromatic carbocycles. The van der Waals surface area contributed by atoms with Crippen LogP contribution >= 0.6 is 11.6 Å². The molecular formula is C16H21ClN6O. The third kappa shape index (κ3) is 4.55. The van der Waals surface area contributed by atoms with Gasteiger partial charge in [-0.05, 0) is 18.6 Å². The second kappa shape index (κ2) is 9.02. The van der Waals surface area contributed by atoms with E-state index < -0.39 is 0 Å². The van der Waals surface area contributed by atoms with Crippen LogP contribution in [0.3, 0.4) is 0 Å². The van der Waals surface area contributed by atoms with E-state index in [4.69, 9.17) is 16.4 Å². The molecule has 128 valence electrons. The molecule has 1 atom stereocenters. The molecule has 4 heterocycles. The summed E-state index contributed by atoms with van der Waals surface area (Å²) in [6.07, 6.45) is 8.41. The summed E-state index contributed by atoms with van der Waals surface area (Å²) in [5.74, 6) is 1.03. The van der Waals surface area contributed by atoms with Gasteiger partial charge >= 0.3 is 0 Å². The number of anilines is 2. The number of carbonyl (C=O) groups is 1. The van der Waals surface area contributed by atoms with E-state index in [2.05, 4.69) is 43.2 Å². The van der Waals surface area contributed by atoms with Gasteiger partial charge in [0.1, 0.15) is 5.15 Å². The highest BCUT2D eigenvalue weighted by atomic mass is 35.5. The molecule has 4 rings (SSSR count). The average Bonchev–Trinajstić information content (AvgIpc) is 3.08. The fraction of sp³-hybridized carbons (Fsp3) is 0.375. The molecule has 0 unspecified atom stereocenters. The van der Waals surface area contributed by atoms with Crippen LogP contribution in [0.25, 0.3) is 0 Å². The normalized spacial score (nSPS) is 16.9. The Bertz CT molecular complexity index is 615. The van der Waals surface area contributed by atoms with Gasteiger partial charge in [0.2, 0.25) is 6.41 Å². The quantitative estimate of drug-likeness (QED) is 0.623. The van der Waals surface area contributed by atoms with Gasteiger partial charge in [0, 0.05) is 58.0 Å². The van der Waals surface area contributed by atoms with Crippen LogP contribution in [0.2, 0.25) is 5.15 Å². The lowest BCUT2D eigenvalue weighted by atomic mass is 10.2. The molecule has 1 N–H and O–H groups in total. The van der Waals surface area contributed by atoms with Gasteiger partial charge < -0.3 is 15.1 Å². The number of nitrogens with one attached hydrogen (secondary N) is 1. The second-order valence-electron chi connectivity index (χ2n) is 5.28. The highest BCUT2D eigenvalue weighted by Crippen LogP contribution is 2.38. The monoisotopic (exact) mass is 348 g/mol. The van der Waals surface area contributed by atoms with Crippen molar-refractivity contribution in [1.29, 1.82) is 0 Å². The molecule has 2 aliphatic rings. The van der Waals surface area contributed by atoms with Crippen LogP contribution in [0.1, 0.15) is 6.42 Å². The molecule has 7 nitrogen and oxygen atoms in total. The first-order valence-electron chi connectivity index (χ1n) is 7.62. The number of aromatic nitrogens is 3. The average molecular weight is 349 g/mol. The van der Waals surface area contributed by atoms with Crippen molar-refractivity contribution in [3.8, 4) is 0 Å². The molecule has 1 amide bonds. The van der Waals surface area contributed by atoms with E-state index in [0.717, 1.165) is 18.9 Å². The van der Waals surface area contributed by atoms with Crippen LogP contribution in [0, 0.1) is 0 Å². The van der Waals surface area contributed by atoms with Crippen molar-refractivity contribution in [2.24, 2.45) is 0 Å². The maximum atomic E-state index is 9.06. The Hall–Kier alpha value is -2.41. The zero-order chi connectivity index (χ0) is 17.4. The molecule has 0 spiro atoms. The summed E-state index contributed by atoms with van der Waals surface area (Å²) in [5, 5.41) is 2.83. The van der Waals surface area contributed by atoms with Crippen molar-refractivity contribution in [3.63, 3.8) is 0 Å². The zero-order valence-electron chi connectivity index (χ0n) is 13.8. The van der Waals surface area contributed by atoms with E-state index in [-0.39, 0.29) is 0 Å². The standard InChI is InChI=1S/C10H12ClN3.C4H4N2.C2H5NO/c1-13-7-4-5-14(6-7)8-2-3-9(11)12-10(8)13;1-2-6-4-3-5-1;1-3-2-4/h2-3,7H,4-6H2,1H3;1-4H;2H,1H3,(H,3,4)/t7-;;/m0../s1. The highest BCUT2D eigenvalue weighted by molar-refractivity contribution is 6.29. The number of pyridine rings is 1. The van der Waals surface area contributed by atoms with E-state index in [1.54, 1.807) is 31.8 Å². The van der Waals surface area contributed by atoms with Crippen molar-refractivity contribution < 1.29 is 4.79 Å². The van der Waals surface area contributed by atoms with Gasteiger partial charge in [-0.15, -0.1) is 0 Å². The van der Waals surface area contributed by atoms with Gasteiger partial charge in [0.05, 0.1) is 5.69 Å². The summed E-state index contributed by atoms with van der Waals surface area (Å²) in [7, 11) is 3.67. The van der Waals surface area contributed by atoms with Crippen LogP contribution in [0.15, 0.2) is 36.9 Å². The Morgan fingerprint density at radius 2 is 1.88 bits per heavy atom. The highest BCUT2D eigenvalue weighted by Gasteiger charge is 2.34. The fourth-order valence-corrected chi connectivity index (χ4v) is 2.77. The molecule has 2 aromatic heterocycles. The SMILES string of the molecule is CN1c2nc(Cl)ccc2N2CC[C@H]1C2.CNC=O.c1cnccn1. The summed E-state index contributed by atoms with van der Waals surface area (Å²) in [6, 6.07) is 4.56.